The molecule has 2 aromatic rings. The Morgan fingerprint density at radius 3 is 1.77 bits per heavy atom. The normalized spacial score (nSPS) is 18.4. The molecule has 0 bridgehead atoms. The molecule has 0 aliphatic carbocycles. The Labute approximate surface area is 207 Å². The summed E-state index contributed by atoms with van der Waals surface area (Å²) in [6.07, 6.45) is -0.837. The molecule has 0 fully saturated rings. The summed E-state index contributed by atoms with van der Waals surface area (Å²) in [6.45, 7) is 6.94. The molecule has 1 aliphatic heterocycles. The lowest BCUT2D eigenvalue weighted by Gasteiger charge is -2.37. The van der Waals surface area contributed by atoms with Gasteiger partial charge in [0.25, 0.3) is 0 Å². The number of para-hydroxylation sites is 1. The number of ether oxygens (including phenoxy) is 1. The summed E-state index contributed by atoms with van der Waals surface area (Å²) in [5.74, 6) is -0.569. The van der Waals surface area contributed by atoms with E-state index in [0.29, 0.717) is 11.3 Å². The van der Waals surface area contributed by atoms with Crippen LogP contribution in [-0.2, 0) is 27.2 Å². The predicted molar refractivity (Wildman–Crippen MR) is 134 cm³/mol. The van der Waals surface area contributed by atoms with Crippen molar-refractivity contribution in [2.75, 3.05) is 26.4 Å². The van der Waals surface area contributed by atoms with E-state index in [2.05, 4.69) is 0 Å². The summed E-state index contributed by atoms with van der Waals surface area (Å²) in [6, 6.07) is 16.3. The zero-order valence-corrected chi connectivity index (χ0v) is 22.4. The van der Waals surface area contributed by atoms with Crippen molar-refractivity contribution in [3.05, 3.63) is 65.7 Å². The van der Waals surface area contributed by atoms with Gasteiger partial charge in [-0.25, -0.2) is 0 Å². The number of rotatable bonds is 13. The summed E-state index contributed by atoms with van der Waals surface area (Å²) in [5.41, 5.74) is 1.18. The van der Waals surface area contributed by atoms with Crippen molar-refractivity contribution in [2.24, 2.45) is 5.92 Å². The van der Waals surface area contributed by atoms with Gasteiger partial charge in [0, 0.05) is 0 Å². The average molecular weight is 524 g/mol. The van der Waals surface area contributed by atoms with E-state index in [9.17, 15) is 13.9 Å². The molecule has 0 spiro atoms. The van der Waals surface area contributed by atoms with E-state index in [1.165, 1.54) is 0 Å². The number of carbonyl (C=O) groups is 1. The number of Topliss-reactive ketones (excluding diaryl/α,β-unsaturated/α-hetero) is 1. The van der Waals surface area contributed by atoms with Gasteiger partial charge in [0.1, 0.15) is 11.9 Å². The zero-order chi connectivity index (χ0) is 25.5. The number of hydrogen-bond acceptors (Lipinski definition) is 8. The molecule has 0 radical (unpaired) electrons. The summed E-state index contributed by atoms with van der Waals surface area (Å²) < 4.78 is 56.8. The lowest BCUT2D eigenvalue weighted by atomic mass is 9.84. The second-order valence-corrected chi connectivity index (χ2v) is 12.7. The number of carbonyl (C=O) groups excluding carboxylic acids is 1. The maximum absolute atomic E-state index is 14.1. The van der Waals surface area contributed by atoms with Gasteiger partial charge in [0.05, 0.1) is 37.9 Å². The molecule has 8 nitrogen and oxygen atoms in total. The first-order valence-electron chi connectivity index (χ1n) is 12.0. The van der Waals surface area contributed by atoms with Crippen LogP contribution in [0.3, 0.4) is 0 Å². The summed E-state index contributed by atoms with van der Waals surface area (Å²) in [4.78, 5) is 13.8. The van der Waals surface area contributed by atoms with E-state index in [-0.39, 0.29) is 38.6 Å². The number of ketones is 1. The SMILES string of the molecule is CCOP(=O)(OCC)C(CC1C(=O)c2ccccc2OC1c1ccccc1)P(=O)(OCC)OCC. The monoisotopic (exact) mass is 524 g/mol. The quantitative estimate of drug-likeness (QED) is 0.262. The molecule has 0 saturated carbocycles. The Hall–Kier alpha value is -1.79. The summed E-state index contributed by atoms with van der Waals surface area (Å²) in [7, 11) is -8.05. The van der Waals surface area contributed by atoms with Crippen LogP contribution in [0.5, 0.6) is 5.75 Å². The first-order chi connectivity index (χ1) is 16.8. The Morgan fingerprint density at radius 2 is 1.26 bits per heavy atom. The molecule has 10 heteroatoms. The van der Waals surface area contributed by atoms with E-state index in [4.69, 9.17) is 22.8 Å². The van der Waals surface area contributed by atoms with Gasteiger partial charge in [0.15, 0.2) is 11.2 Å². The van der Waals surface area contributed by atoms with E-state index < -0.39 is 32.6 Å². The minimum absolute atomic E-state index is 0.0616. The summed E-state index contributed by atoms with van der Waals surface area (Å²) in [5, 5.41) is -1.32. The van der Waals surface area contributed by atoms with Gasteiger partial charge < -0.3 is 22.8 Å². The van der Waals surface area contributed by atoms with Crippen LogP contribution >= 0.6 is 15.2 Å². The van der Waals surface area contributed by atoms with Crippen molar-refractivity contribution in [1.29, 1.82) is 0 Å². The minimum atomic E-state index is -4.03. The maximum Gasteiger partial charge on any atom is 0.345 e. The van der Waals surface area contributed by atoms with Gasteiger partial charge in [-0.3, -0.25) is 13.9 Å². The van der Waals surface area contributed by atoms with Gasteiger partial charge >= 0.3 is 15.2 Å². The molecule has 192 valence electrons. The largest absolute Gasteiger partial charge is 0.484 e. The van der Waals surface area contributed by atoms with Crippen LogP contribution in [0, 0.1) is 5.92 Å². The van der Waals surface area contributed by atoms with Crippen LogP contribution in [0.4, 0.5) is 0 Å². The molecule has 0 saturated heterocycles. The van der Waals surface area contributed by atoms with E-state index in [1.54, 1.807) is 52.0 Å². The molecule has 1 aliphatic rings. The van der Waals surface area contributed by atoms with Crippen molar-refractivity contribution in [1.82, 2.24) is 0 Å². The number of benzene rings is 2. The molecule has 2 atom stereocenters. The highest BCUT2D eigenvalue weighted by Gasteiger charge is 2.54. The van der Waals surface area contributed by atoms with Crippen molar-refractivity contribution in [3.63, 3.8) is 0 Å². The fourth-order valence-corrected chi connectivity index (χ4v) is 9.73. The lowest BCUT2D eigenvalue weighted by Crippen LogP contribution is -2.35. The Kier molecular flexibility index (Phi) is 9.88. The Balaban J connectivity index is 2.14. The molecule has 2 aromatic carbocycles. The molecular weight excluding hydrogens is 490 g/mol. The standard InChI is InChI=1S/C25H34O8P2/c1-5-29-34(27,30-6-2)23(35(28,31-7-3)32-8-4)18-21-24(26)20-16-12-13-17-22(20)33-25(21)19-14-10-9-11-15-19/h9-17,21,23,25H,5-8,18H2,1-4H3. The Bertz CT molecular complexity index is 1020. The predicted octanol–water partition coefficient (Wildman–Crippen LogP) is 6.87. The van der Waals surface area contributed by atoms with Gasteiger partial charge in [0.2, 0.25) is 0 Å². The Morgan fingerprint density at radius 1 is 0.771 bits per heavy atom. The van der Waals surface area contributed by atoms with Gasteiger partial charge in [-0.1, -0.05) is 42.5 Å². The smallest absolute Gasteiger partial charge is 0.345 e. The molecular formula is C25H34O8P2. The summed E-state index contributed by atoms with van der Waals surface area (Å²) >= 11 is 0. The highest BCUT2D eigenvalue weighted by atomic mass is 31.2. The van der Waals surface area contributed by atoms with Crippen molar-refractivity contribution in [3.8, 4) is 5.75 Å². The van der Waals surface area contributed by atoms with Crippen LogP contribution in [-0.4, -0.2) is 37.6 Å². The third-order valence-electron chi connectivity index (χ3n) is 5.67. The zero-order valence-electron chi connectivity index (χ0n) is 20.6. The van der Waals surface area contributed by atoms with Crippen molar-refractivity contribution >= 4 is 21.0 Å². The highest BCUT2D eigenvalue weighted by molar-refractivity contribution is 7.72. The van der Waals surface area contributed by atoms with Gasteiger partial charge in [-0.15, -0.1) is 0 Å². The minimum Gasteiger partial charge on any atom is -0.484 e. The molecule has 1 heterocycles. The molecule has 35 heavy (non-hydrogen) atoms. The molecule has 3 rings (SSSR count). The average Bonchev–Trinajstić information content (AvgIpc) is 2.84. The van der Waals surface area contributed by atoms with Crippen molar-refractivity contribution < 1.29 is 36.8 Å². The molecule has 2 unspecified atom stereocenters. The second kappa shape index (κ2) is 12.4. The lowest BCUT2D eigenvalue weighted by molar-refractivity contribution is 0.0633. The molecule has 0 aromatic heterocycles. The van der Waals surface area contributed by atoms with Gasteiger partial charge in [-0.2, -0.15) is 0 Å². The molecule has 0 amide bonds. The first kappa shape index (κ1) is 27.8. The second-order valence-electron chi connectivity index (χ2n) is 7.88. The van der Waals surface area contributed by atoms with Gasteiger partial charge in [-0.05, 0) is 51.8 Å². The van der Waals surface area contributed by atoms with Crippen LogP contribution in [0.1, 0.15) is 56.1 Å². The van der Waals surface area contributed by atoms with Crippen LogP contribution in [0.15, 0.2) is 54.6 Å². The first-order valence-corrected chi connectivity index (χ1v) is 15.2. The van der Waals surface area contributed by atoms with Crippen LogP contribution < -0.4 is 4.74 Å². The molecule has 0 N–H and O–H groups in total. The highest BCUT2D eigenvalue weighted by Crippen LogP contribution is 2.72. The number of hydrogen-bond donors (Lipinski definition) is 0. The van der Waals surface area contributed by atoms with Crippen molar-refractivity contribution in [2.45, 2.75) is 45.6 Å². The fourth-order valence-electron chi connectivity index (χ4n) is 4.30. The maximum atomic E-state index is 14.1. The van der Waals surface area contributed by atoms with E-state index in [1.807, 2.05) is 30.3 Å². The van der Waals surface area contributed by atoms with Crippen LogP contribution in [0.25, 0.3) is 0 Å². The topological polar surface area (TPSA) is 97.4 Å². The third-order valence-corrected chi connectivity index (χ3v) is 11.7. The fraction of sp³-hybridized carbons (Fsp3) is 0.480. The number of fused-ring (bicyclic) bond motifs is 1. The third kappa shape index (κ3) is 6.14. The van der Waals surface area contributed by atoms with E-state index in [0.717, 1.165) is 5.56 Å². The van der Waals surface area contributed by atoms with Crippen LogP contribution in [0.2, 0.25) is 0 Å². The van der Waals surface area contributed by atoms with E-state index >= 15 is 0 Å².